The summed E-state index contributed by atoms with van der Waals surface area (Å²) in [4.78, 5) is 19.1. The average Bonchev–Trinajstić information content (AvgIpc) is 3.12. The number of likely N-dealkylation sites (tertiary alicyclic amines) is 1. The number of benzene rings is 1. The zero-order valence-corrected chi connectivity index (χ0v) is 12.3. The molecule has 1 saturated heterocycles. The van der Waals surface area contributed by atoms with Crippen LogP contribution in [0.3, 0.4) is 0 Å². The molecule has 0 bridgehead atoms. The molecule has 5 heteroatoms. The smallest absolute Gasteiger partial charge is 0.245 e. The maximum Gasteiger partial charge on any atom is 0.245 e. The van der Waals surface area contributed by atoms with E-state index in [1.54, 1.807) is 0 Å². The number of hydrogen-bond acceptors (Lipinski definition) is 2. The van der Waals surface area contributed by atoms with Crippen LogP contribution in [0.15, 0.2) is 24.3 Å². The summed E-state index contributed by atoms with van der Waals surface area (Å²) in [6.07, 6.45) is 2.21. The van der Waals surface area contributed by atoms with Crippen molar-refractivity contribution in [1.29, 1.82) is 0 Å². The number of hydrogen-bond donors (Lipinski definition) is 0. The molecule has 1 aliphatic heterocycles. The maximum absolute atomic E-state index is 12.6. The van der Waals surface area contributed by atoms with E-state index >= 15 is 0 Å². The van der Waals surface area contributed by atoms with Gasteiger partial charge in [0.15, 0.2) is 0 Å². The van der Waals surface area contributed by atoms with Crippen LogP contribution in [0.1, 0.15) is 31.6 Å². The van der Waals surface area contributed by atoms with Crippen molar-refractivity contribution in [1.82, 2.24) is 14.5 Å². The molecule has 1 atom stereocenters. The molecule has 0 saturated carbocycles. The van der Waals surface area contributed by atoms with Gasteiger partial charge in [0.2, 0.25) is 5.91 Å². The van der Waals surface area contributed by atoms with Gasteiger partial charge in [0.1, 0.15) is 11.9 Å². The van der Waals surface area contributed by atoms with E-state index in [1.165, 1.54) is 0 Å². The fourth-order valence-electron chi connectivity index (χ4n) is 2.93. The van der Waals surface area contributed by atoms with Gasteiger partial charge < -0.3 is 9.47 Å². The third-order valence-corrected chi connectivity index (χ3v) is 4.19. The highest BCUT2D eigenvalue weighted by molar-refractivity contribution is 6.16. The van der Waals surface area contributed by atoms with Gasteiger partial charge in [-0.25, -0.2) is 4.98 Å². The highest BCUT2D eigenvalue weighted by Crippen LogP contribution is 2.24. The molecule has 3 rings (SSSR count). The fourth-order valence-corrected chi connectivity index (χ4v) is 3.12. The Morgan fingerprint density at radius 1 is 1.35 bits per heavy atom. The molecule has 0 N–H and O–H groups in total. The summed E-state index contributed by atoms with van der Waals surface area (Å²) < 4.78 is 1.98. The van der Waals surface area contributed by atoms with Crippen molar-refractivity contribution in [3.8, 4) is 0 Å². The van der Waals surface area contributed by atoms with E-state index in [0.717, 1.165) is 42.8 Å². The summed E-state index contributed by atoms with van der Waals surface area (Å²) in [5.74, 6) is 1.23. The van der Waals surface area contributed by atoms with Crippen LogP contribution in [0, 0.1) is 0 Å². The number of aromatic nitrogens is 2. The van der Waals surface area contributed by atoms with Gasteiger partial charge in [-0.15, -0.1) is 11.6 Å². The highest BCUT2D eigenvalue weighted by Gasteiger charge is 2.27. The van der Waals surface area contributed by atoms with Crippen LogP contribution in [-0.2, 0) is 10.7 Å². The number of para-hydroxylation sites is 2. The Hall–Kier alpha value is -1.55. The molecular weight excluding hydrogens is 274 g/mol. The van der Waals surface area contributed by atoms with Gasteiger partial charge in [0.25, 0.3) is 0 Å². The van der Waals surface area contributed by atoms with Gasteiger partial charge in [-0.3, -0.25) is 4.79 Å². The topological polar surface area (TPSA) is 38.1 Å². The number of fused-ring (bicyclic) bond motifs is 1. The van der Waals surface area contributed by atoms with E-state index in [0.29, 0.717) is 5.88 Å². The third-order valence-electron chi connectivity index (χ3n) is 3.95. The number of alkyl halides is 1. The number of carbonyl (C=O) groups excluding carboxylic acids is 1. The average molecular weight is 292 g/mol. The molecule has 1 fully saturated rings. The molecule has 0 spiro atoms. The Morgan fingerprint density at radius 2 is 2.05 bits per heavy atom. The second kappa shape index (κ2) is 5.44. The van der Waals surface area contributed by atoms with Crippen molar-refractivity contribution >= 4 is 28.5 Å². The van der Waals surface area contributed by atoms with Gasteiger partial charge >= 0.3 is 0 Å². The first-order chi connectivity index (χ1) is 9.72. The van der Waals surface area contributed by atoms with Crippen molar-refractivity contribution in [2.45, 2.75) is 31.7 Å². The predicted molar refractivity (Wildman–Crippen MR) is 79.8 cm³/mol. The number of carbonyl (C=O) groups is 1. The molecule has 1 amide bonds. The van der Waals surface area contributed by atoms with Crippen LogP contribution in [-0.4, -0.2) is 33.4 Å². The minimum atomic E-state index is -0.255. The first-order valence-electron chi connectivity index (χ1n) is 7.03. The molecule has 4 nitrogen and oxygen atoms in total. The van der Waals surface area contributed by atoms with Crippen molar-refractivity contribution in [3.05, 3.63) is 30.1 Å². The molecule has 0 aliphatic carbocycles. The molecule has 1 aromatic heterocycles. The van der Waals surface area contributed by atoms with Crippen LogP contribution < -0.4 is 0 Å². The first kappa shape index (κ1) is 13.4. The number of halogens is 1. The van der Waals surface area contributed by atoms with Crippen molar-refractivity contribution in [2.24, 2.45) is 0 Å². The SMILES string of the molecule is CC(C(=O)N1CCCC1)n1c(CCl)nc2ccccc21. The van der Waals surface area contributed by atoms with Crippen molar-refractivity contribution in [2.75, 3.05) is 13.1 Å². The Bertz CT molecular complexity index is 631. The molecule has 0 radical (unpaired) electrons. The molecule has 1 aromatic carbocycles. The Balaban J connectivity index is 2.01. The largest absolute Gasteiger partial charge is 0.341 e. The lowest BCUT2D eigenvalue weighted by Crippen LogP contribution is -2.34. The quantitative estimate of drug-likeness (QED) is 0.816. The monoisotopic (exact) mass is 291 g/mol. The number of rotatable bonds is 3. The minimum Gasteiger partial charge on any atom is -0.341 e. The molecule has 1 unspecified atom stereocenters. The van der Waals surface area contributed by atoms with Crippen molar-refractivity contribution < 1.29 is 4.79 Å². The minimum absolute atomic E-state index is 0.164. The van der Waals surface area contributed by atoms with Gasteiger partial charge in [0.05, 0.1) is 16.9 Å². The van der Waals surface area contributed by atoms with E-state index in [2.05, 4.69) is 4.98 Å². The van der Waals surface area contributed by atoms with E-state index < -0.39 is 0 Å². The van der Waals surface area contributed by atoms with E-state index in [1.807, 2.05) is 40.7 Å². The zero-order chi connectivity index (χ0) is 14.1. The molecule has 20 heavy (non-hydrogen) atoms. The predicted octanol–water partition coefficient (Wildman–Crippen LogP) is 2.96. The maximum atomic E-state index is 12.6. The Labute approximate surface area is 123 Å². The fraction of sp³-hybridized carbons (Fsp3) is 0.467. The van der Waals surface area contributed by atoms with Gasteiger partial charge in [-0.05, 0) is 31.9 Å². The van der Waals surface area contributed by atoms with E-state index in [-0.39, 0.29) is 11.9 Å². The van der Waals surface area contributed by atoms with Gasteiger partial charge in [-0.2, -0.15) is 0 Å². The van der Waals surface area contributed by atoms with Crippen LogP contribution in [0.25, 0.3) is 11.0 Å². The lowest BCUT2D eigenvalue weighted by Gasteiger charge is -2.22. The Kier molecular flexibility index (Phi) is 3.66. The molecule has 1 aliphatic rings. The van der Waals surface area contributed by atoms with E-state index in [4.69, 9.17) is 11.6 Å². The molecule has 106 valence electrons. The number of nitrogens with zero attached hydrogens (tertiary/aromatic N) is 3. The summed E-state index contributed by atoms with van der Waals surface area (Å²) >= 11 is 6.00. The Morgan fingerprint density at radius 3 is 2.75 bits per heavy atom. The summed E-state index contributed by atoms with van der Waals surface area (Å²) in [5.41, 5.74) is 1.87. The molecular formula is C15H18ClN3O. The van der Waals surface area contributed by atoms with Crippen LogP contribution >= 0.6 is 11.6 Å². The summed E-state index contributed by atoms with van der Waals surface area (Å²) in [6.45, 7) is 3.67. The standard InChI is InChI=1S/C15H18ClN3O/c1-11(15(20)18-8-4-5-9-18)19-13-7-3-2-6-12(13)17-14(19)10-16/h2-3,6-7,11H,4-5,8-10H2,1H3. The molecule has 2 aromatic rings. The summed E-state index contributed by atoms with van der Waals surface area (Å²) in [7, 11) is 0. The first-order valence-corrected chi connectivity index (χ1v) is 7.56. The highest BCUT2D eigenvalue weighted by atomic mass is 35.5. The second-order valence-electron chi connectivity index (χ2n) is 5.23. The van der Waals surface area contributed by atoms with Crippen LogP contribution in [0.2, 0.25) is 0 Å². The molecule has 2 heterocycles. The number of amides is 1. The van der Waals surface area contributed by atoms with Crippen LogP contribution in [0.4, 0.5) is 0 Å². The van der Waals surface area contributed by atoms with Gasteiger partial charge in [-0.1, -0.05) is 12.1 Å². The number of imidazole rings is 1. The lowest BCUT2D eigenvalue weighted by molar-refractivity contribution is -0.133. The van der Waals surface area contributed by atoms with Gasteiger partial charge in [0, 0.05) is 13.1 Å². The third kappa shape index (κ3) is 2.18. The summed E-state index contributed by atoms with van der Waals surface area (Å²) in [5, 5.41) is 0. The second-order valence-corrected chi connectivity index (χ2v) is 5.50. The van der Waals surface area contributed by atoms with Crippen molar-refractivity contribution in [3.63, 3.8) is 0 Å². The lowest BCUT2D eigenvalue weighted by atomic mass is 10.2. The normalized spacial score (nSPS) is 16.8. The zero-order valence-electron chi connectivity index (χ0n) is 11.6. The van der Waals surface area contributed by atoms with Crippen LogP contribution in [0.5, 0.6) is 0 Å². The van der Waals surface area contributed by atoms with E-state index in [9.17, 15) is 4.79 Å². The summed E-state index contributed by atoms with van der Waals surface area (Å²) in [6, 6.07) is 7.60.